The molecule has 9 nitrogen and oxygen atoms in total. The van der Waals surface area contributed by atoms with Crippen LogP contribution in [0.2, 0.25) is 0 Å². The molecule has 2 N–H and O–H groups in total. The number of amides is 2. The SMILES string of the molecule is CC(NC(=O)Nc1ccc(-n2nnc3ccccc32)cc1)c1nc(-c2ccc(Br)cc2)no1. The van der Waals surface area contributed by atoms with Crippen molar-refractivity contribution < 1.29 is 9.32 Å². The Morgan fingerprint density at radius 3 is 2.58 bits per heavy atom. The van der Waals surface area contributed by atoms with E-state index < -0.39 is 6.04 Å². The zero-order chi connectivity index (χ0) is 22.8. The number of para-hydroxylation sites is 1. The van der Waals surface area contributed by atoms with Crippen LogP contribution in [0.4, 0.5) is 10.5 Å². The highest BCUT2D eigenvalue weighted by atomic mass is 79.9. The van der Waals surface area contributed by atoms with Crippen LogP contribution in [0.15, 0.2) is 81.8 Å². The first-order valence-electron chi connectivity index (χ1n) is 10.1. The minimum absolute atomic E-state index is 0.316. The van der Waals surface area contributed by atoms with Gasteiger partial charge >= 0.3 is 6.03 Å². The number of fused-ring (bicyclic) bond motifs is 1. The van der Waals surface area contributed by atoms with Gasteiger partial charge in [-0.3, -0.25) is 0 Å². The minimum atomic E-state index is -0.470. The number of hydrogen-bond donors (Lipinski definition) is 2. The van der Waals surface area contributed by atoms with E-state index in [1.807, 2.05) is 60.7 Å². The molecule has 0 aliphatic carbocycles. The monoisotopic (exact) mass is 503 g/mol. The Hall–Kier alpha value is -4.05. The van der Waals surface area contributed by atoms with Gasteiger partial charge in [0.2, 0.25) is 11.7 Å². The second-order valence-corrected chi connectivity index (χ2v) is 8.24. The third-order valence-electron chi connectivity index (χ3n) is 4.98. The van der Waals surface area contributed by atoms with Crippen molar-refractivity contribution in [1.29, 1.82) is 0 Å². The van der Waals surface area contributed by atoms with Crippen molar-refractivity contribution in [2.24, 2.45) is 0 Å². The number of aromatic nitrogens is 5. The van der Waals surface area contributed by atoms with E-state index >= 15 is 0 Å². The standard InChI is InChI=1S/C23H18BrN7O2/c1-14(22-27-21(29-33-22)15-6-8-16(24)9-7-15)25-23(32)26-17-10-12-18(13-11-17)31-20-5-3-2-4-19(20)28-30-31/h2-14H,1H3,(H2,25,26,32). The first-order valence-corrected chi connectivity index (χ1v) is 10.9. The topological polar surface area (TPSA) is 111 Å². The number of urea groups is 1. The number of halogens is 1. The van der Waals surface area contributed by atoms with E-state index in [2.05, 4.69) is 47.0 Å². The molecule has 2 aromatic heterocycles. The Bertz CT molecular complexity index is 1410. The molecule has 0 aliphatic rings. The van der Waals surface area contributed by atoms with Gasteiger partial charge in [0, 0.05) is 15.7 Å². The van der Waals surface area contributed by atoms with Crippen LogP contribution in [-0.4, -0.2) is 31.2 Å². The lowest BCUT2D eigenvalue weighted by Gasteiger charge is -2.11. The summed E-state index contributed by atoms with van der Waals surface area (Å²) in [6, 6.07) is 21.8. The van der Waals surface area contributed by atoms with E-state index in [0.29, 0.717) is 17.4 Å². The third-order valence-corrected chi connectivity index (χ3v) is 5.51. The van der Waals surface area contributed by atoms with Crippen LogP contribution in [0.25, 0.3) is 28.1 Å². The van der Waals surface area contributed by atoms with Crippen molar-refractivity contribution in [3.05, 3.63) is 83.2 Å². The van der Waals surface area contributed by atoms with Crippen molar-refractivity contribution in [2.75, 3.05) is 5.32 Å². The van der Waals surface area contributed by atoms with Gasteiger partial charge in [0.15, 0.2) is 0 Å². The molecule has 0 fully saturated rings. The van der Waals surface area contributed by atoms with Gasteiger partial charge in [-0.25, -0.2) is 9.48 Å². The second-order valence-electron chi connectivity index (χ2n) is 7.32. The van der Waals surface area contributed by atoms with Gasteiger partial charge in [-0.15, -0.1) is 5.10 Å². The van der Waals surface area contributed by atoms with E-state index in [4.69, 9.17) is 4.52 Å². The predicted octanol–water partition coefficient (Wildman–Crippen LogP) is 5.12. The maximum atomic E-state index is 12.5. The van der Waals surface area contributed by atoms with Crippen molar-refractivity contribution in [1.82, 2.24) is 30.5 Å². The van der Waals surface area contributed by atoms with Gasteiger partial charge in [0.25, 0.3) is 0 Å². The van der Waals surface area contributed by atoms with Crippen LogP contribution in [0.5, 0.6) is 0 Å². The number of hydrogen-bond acceptors (Lipinski definition) is 6. The molecule has 164 valence electrons. The largest absolute Gasteiger partial charge is 0.337 e. The highest BCUT2D eigenvalue weighted by Crippen LogP contribution is 2.21. The number of carbonyl (C=O) groups excluding carboxylic acids is 1. The van der Waals surface area contributed by atoms with Gasteiger partial charge in [-0.1, -0.05) is 38.4 Å². The molecule has 10 heteroatoms. The van der Waals surface area contributed by atoms with Crippen molar-refractivity contribution in [3.63, 3.8) is 0 Å². The van der Waals surface area contributed by atoms with Crippen molar-refractivity contribution >= 4 is 38.7 Å². The fourth-order valence-corrected chi connectivity index (χ4v) is 3.56. The summed E-state index contributed by atoms with van der Waals surface area (Å²) < 4.78 is 8.04. The van der Waals surface area contributed by atoms with Gasteiger partial charge in [0.05, 0.1) is 11.2 Å². The van der Waals surface area contributed by atoms with Gasteiger partial charge < -0.3 is 15.2 Å². The first kappa shape index (κ1) is 20.8. The van der Waals surface area contributed by atoms with Crippen molar-refractivity contribution in [3.8, 4) is 17.1 Å². The van der Waals surface area contributed by atoms with E-state index in [9.17, 15) is 4.79 Å². The van der Waals surface area contributed by atoms with Gasteiger partial charge in [0.1, 0.15) is 11.6 Å². The van der Waals surface area contributed by atoms with E-state index in [1.54, 1.807) is 23.7 Å². The molecule has 0 saturated heterocycles. The molecule has 33 heavy (non-hydrogen) atoms. The van der Waals surface area contributed by atoms with Crippen LogP contribution in [-0.2, 0) is 0 Å². The lowest BCUT2D eigenvalue weighted by atomic mass is 10.2. The average Bonchev–Trinajstić information content (AvgIpc) is 3.48. The van der Waals surface area contributed by atoms with Crippen LogP contribution in [0.1, 0.15) is 18.9 Å². The number of nitrogens with one attached hydrogen (secondary N) is 2. The van der Waals surface area contributed by atoms with Crippen LogP contribution < -0.4 is 10.6 Å². The smallest absolute Gasteiger partial charge is 0.319 e. The highest BCUT2D eigenvalue weighted by molar-refractivity contribution is 9.10. The number of nitrogens with zero attached hydrogens (tertiary/aromatic N) is 5. The number of rotatable bonds is 5. The fourth-order valence-electron chi connectivity index (χ4n) is 3.30. The average molecular weight is 504 g/mol. The summed E-state index contributed by atoms with van der Waals surface area (Å²) >= 11 is 3.40. The Balaban J connectivity index is 1.22. The maximum Gasteiger partial charge on any atom is 0.319 e. The normalized spacial score (nSPS) is 11.9. The molecule has 5 aromatic rings. The minimum Gasteiger partial charge on any atom is -0.337 e. The molecule has 1 atom stereocenters. The summed E-state index contributed by atoms with van der Waals surface area (Å²) in [5, 5.41) is 18.0. The number of benzene rings is 3. The number of anilines is 1. The van der Waals surface area contributed by atoms with E-state index in [1.165, 1.54) is 0 Å². The first-order chi connectivity index (χ1) is 16.1. The molecular weight excluding hydrogens is 486 g/mol. The summed E-state index contributed by atoms with van der Waals surface area (Å²) in [4.78, 5) is 16.8. The number of carbonyl (C=O) groups is 1. The molecular formula is C23H18BrN7O2. The Morgan fingerprint density at radius 1 is 1.03 bits per heavy atom. The van der Waals surface area contributed by atoms with Crippen molar-refractivity contribution in [2.45, 2.75) is 13.0 Å². The summed E-state index contributed by atoms with van der Waals surface area (Å²) in [6.07, 6.45) is 0. The van der Waals surface area contributed by atoms with Gasteiger partial charge in [-0.2, -0.15) is 4.98 Å². The van der Waals surface area contributed by atoms with Crippen LogP contribution >= 0.6 is 15.9 Å². The summed E-state index contributed by atoms with van der Waals surface area (Å²) in [5.41, 5.74) is 4.03. The van der Waals surface area contributed by atoms with Crippen LogP contribution in [0, 0.1) is 0 Å². The predicted molar refractivity (Wildman–Crippen MR) is 127 cm³/mol. The molecule has 3 aromatic carbocycles. The summed E-state index contributed by atoms with van der Waals surface area (Å²) in [7, 11) is 0. The molecule has 0 aliphatic heterocycles. The molecule has 0 radical (unpaired) electrons. The summed E-state index contributed by atoms with van der Waals surface area (Å²) in [6.45, 7) is 1.78. The van der Waals surface area contributed by atoms with Crippen LogP contribution in [0.3, 0.4) is 0 Å². The molecule has 2 heterocycles. The zero-order valence-electron chi connectivity index (χ0n) is 17.4. The fraction of sp³-hybridized carbons (Fsp3) is 0.0870. The molecule has 0 spiro atoms. The Labute approximate surface area is 196 Å². The lowest BCUT2D eigenvalue weighted by molar-refractivity contribution is 0.245. The lowest BCUT2D eigenvalue weighted by Crippen LogP contribution is -2.31. The molecule has 1 unspecified atom stereocenters. The third kappa shape index (κ3) is 4.46. The summed E-state index contributed by atoms with van der Waals surface area (Å²) in [5.74, 6) is 0.777. The maximum absolute atomic E-state index is 12.5. The molecule has 0 saturated carbocycles. The second kappa shape index (κ2) is 8.83. The van der Waals surface area contributed by atoms with E-state index in [0.717, 1.165) is 26.8 Å². The highest BCUT2D eigenvalue weighted by Gasteiger charge is 2.17. The molecule has 0 bridgehead atoms. The Kier molecular flexibility index (Phi) is 5.57. The van der Waals surface area contributed by atoms with Gasteiger partial charge in [-0.05, 0) is 67.6 Å². The molecule has 5 rings (SSSR count). The molecule has 2 amide bonds. The Morgan fingerprint density at radius 2 is 1.79 bits per heavy atom. The zero-order valence-corrected chi connectivity index (χ0v) is 19.0. The van der Waals surface area contributed by atoms with E-state index in [-0.39, 0.29) is 6.03 Å². The quantitative estimate of drug-likeness (QED) is 0.344.